The molecule has 1 aliphatic carbocycles. The van der Waals surface area contributed by atoms with Gasteiger partial charge in [0.05, 0.1) is 16.4 Å². The maximum Gasteiger partial charge on any atom is 0.255 e. The maximum absolute atomic E-state index is 13.5. The molecule has 32 heavy (non-hydrogen) atoms. The van der Waals surface area contributed by atoms with Gasteiger partial charge in [0.1, 0.15) is 11.6 Å². The first-order chi connectivity index (χ1) is 15.4. The fourth-order valence-corrected chi connectivity index (χ4v) is 3.03. The molecule has 1 aromatic carbocycles. The van der Waals surface area contributed by atoms with E-state index < -0.39 is 5.82 Å². The summed E-state index contributed by atoms with van der Waals surface area (Å²) in [6.07, 6.45) is 4.18. The first-order valence-corrected chi connectivity index (χ1v) is 10.0. The van der Waals surface area contributed by atoms with Crippen LogP contribution >= 0.6 is 11.6 Å². The smallest absolute Gasteiger partial charge is 0.255 e. The van der Waals surface area contributed by atoms with Gasteiger partial charge in [-0.05, 0) is 42.7 Å². The Balaban J connectivity index is 0.000000182. The molecule has 1 saturated carbocycles. The summed E-state index contributed by atoms with van der Waals surface area (Å²) in [5.74, 6) is -0.119. The van der Waals surface area contributed by atoms with Crippen molar-refractivity contribution in [2.75, 3.05) is 17.2 Å². The zero-order valence-electron chi connectivity index (χ0n) is 16.7. The van der Waals surface area contributed by atoms with Gasteiger partial charge in [0.15, 0.2) is 0 Å². The van der Waals surface area contributed by atoms with Crippen LogP contribution in [0.1, 0.15) is 6.42 Å². The number of carbonyl (C=O) groups is 2. The van der Waals surface area contributed by atoms with Gasteiger partial charge in [0.25, 0.3) is 5.56 Å². The van der Waals surface area contributed by atoms with Crippen LogP contribution in [0.5, 0.6) is 0 Å². The average Bonchev–Trinajstić information content (AvgIpc) is 3.58. The molecule has 0 bridgehead atoms. The van der Waals surface area contributed by atoms with E-state index in [2.05, 4.69) is 15.6 Å². The fraction of sp³-hybridized carbons (Fsp3) is 0.182. The third-order valence-electron chi connectivity index (χ3n) is 4.74. The van der Waals surface area contributed by atoms with Gasteiger partial charge in [-0.1, -0.05) is 17.7 Å². The molecule has 10 heteroatoms. The number of hydrogen-bond acceptors (Lipinski definition) is 5. The van der Waals surface area contributed by atoms with E-state index in [-0.39, 0.29) is 35.6 Å². The minimum Gasteiger partial charge on any atom is -0.396 e. The normalized spacial score (nSPS) is 16.3. The average molecular weight is 459 g/mol. The number of carbonyl (C=O) groups excluding carboxylic acids is 2. The molecule has 2 heterocycles. The minimum absolute atomic E-state index is 0.0625. The number of anilines is 2. The highest BCUT2D eigenvalue weighted by Gasteiger charge is 2.42. The van der Waals surface area contributed by atoms with Gasteiger partial charge in [-0.2, -0.15) is 0 Å². The lowest BCUT2D eigenvalue weighted by atomic mass is 10.2. The number of aliphatic hydroxyl groups is 1. The zero-order valence-corrected chi connectivity index (χ0v) is 17.5. The number of nitrogens with one attached hydrogen (secondary N) is 2. The summed E-state index contributed by atoms with van der Waals surface area (Å²) in [6, 6.07) is 12.1. The molecule has 0 aliphatic heterocycles. The summed E-state index contributed by atoms with van der Waals surface area (Å²) in [7, 11) is 0. The van der Waals surface area contributed by atoms with Crippen LogP contribution in [0.25, 0.3) is 5.69 Å². The van der Waals surface area contributed by atoms with E-state index in [4.69, 9.17) is 16.7 Å². The fourth-order valence-electron chi connectivity index (χ4n) is 2.91. The summed E-state index contributed by atoms with van der Waals surface area (Å²) in [6.45, 7) is 0.0755. The second-order valence-electron chi connectivity index (χ2n) is 6.97. The molecule has 0 spiro atoms. The van der Waals surface area contributed by atoms with Crippen LogP contribution < -0.4 is 16.2 Å². The lowest BCUT2D eigenvalue weighted by Gasteiger charge is -2.07. The molecule has 1 aliphatic rings. The number of halogens is 2. The Morgan fingerprint density at radius 1 is 1.28 bits per heavy atom. The lowest BCUT2D eigenvalue weighted by molar-refractivity contribution is -0.117. The van der Waals surface area contributed by atoms with Crippen LogP contribution in [0, 0.1) is 17.7 Å². The molecule has 2 aromatic heterocycles. The summed E-state index contributed by atoms with van der Waals surface area (Å²) in [5.41, 5.74) is 0.236. The number of benzene rings is 1. The highest BCUT2D eigenvalue weighted by Crippen LogP contribution is 2.38. The largest absolute Gasteiger partial charge is 0.396 e. The van der Waals surface area contributed by atoms with E-state index >= 15 is 0 Å². The summed E-state index contributed by atoms with van der Waals surface area (Å²) in [4.78, 5) is 37.2. The highest BCUT2D eigenvalue weighted by atomic mass is 35.5. The Morgan fingerprint density at radius 2 is 2.09 bits per heavy atom. The van der Waals surface area contributed by atoms with Gasteiger partial charge in [-0.15, -0.1) is 0 Å². The van der Waals surface area contributed by atoms with Gasteiger partial charge in [-0.25, -0.2) is 9.37 Å². The number of aliphatic hydroxyl groups excluding tert-OH is 1. The number of nitrogens with zero attached hydrogens (tertiary/aromatic N) is 2. The molecular formula is C22H20ClFN4O4. The van der Waals surface area contributed by atoms with Crippen molar-refractivity contribution in [3.63, 3.8) is 0 Å². The third kappa shape index (κ3) is 5.99. The molecule has 2 atom stereocenters. The summed E-state index contributed by atoms with van der Waals surface area (Å²) in [5, 5.41) is 14.3. The Bertz CT molecular complexity index is 1150. The van der Waals surface area contributed by atoms with Gasteiger partial charge >= 0.3 is 0 Å². The second-order valence-corrected chi connectivity index (χ2v) is 7.41. The van der Waals surface area contributed by atoms with Crippen LogP contribution in [0.3, 0.4) is 0 Å². The number of hydrogen-bond donors (Lipinski definition) is 3. The Kier molecular flexibility index (Phi) is 7.69. The Labute approximate surface area is 187 Å². The molecule has 2 amide bonds. The number of rotatable bonds is 6. The van der Waals surface area contributed by atoms with E-state index in [1.165, 1.54) is 29.0 Å². The first kappa shape index (κ1) is 23.1. The molecule has 166 valence electrons. The molecule has 3 aromatic rings. The van der Waals surface area contributed by atoms with E-state index in [1.54, 1.807) is 36.5 Å². The van der Waals surface area contributed by atoms with Crippen LogP contribution in [-0.2, 0) is 9.59 Å². The first-order valence-electron chi connectivity index (χ1n) is 9.64. The van der Waals surface area contributed by atoms with Crippen molar-refractivity contribution < 1.29 is 19.1 Å². The molecule has 1 unspecified atom stereocenters. The molecule has 8 nitrogen and oxygen atoms in total. The second kappa shape index (κ2) is 10.7. The van der Waals surface area contributed by atoms with Crippen LogP contribution in [-0.4, -0.2) is 33.6 Å². The quantitative estimate of drug-likeness (QED) is 0.491. The van der Waals surface area contributed by atoms with Crippen molar-refractivity contribution in [1.82, 2.24) is 9.55 Å². The predicted molar refractivity (Wildman–Crippen MR) is 118 cm³/mol. The van der Waals surface area contributed by atoms with Crippen molar-refractivity contribution in [2.45, 2.75) is 6.42 Å². The SMILES string of the molecule is O=C(Nc1ccc(Cl)cn1)[C@@H]1CC1CO.O=CNc1ccc(-n2ccccc2=O)cc1F. The van der Waals surface area contributed by atoms with Crippen molar-refractivity contribution >= 4 is 35.4 Å². The zero-order chi connectivity index (χ0) is 23.1. The van der Waals surface area contributed by atoms with Gasteiger partial charge in [-0.3, -0.25) is 19.0 Å². The van der Waals surface area contributed by atoms with E-state index in [0.29, 0.717) is 22.9 Å². The van der Waals surface area contributed by atoms with Crippen molar-refractivity contribution in [1.29, 1.82) is 0 Å². The van der Waals surface area contributed by atoms with Crippen molar-refractivity contribution in [2.24, 2.45) is 11.8 Å². The standard InChI is InChI=1S/C12H9FN2O2.C10H11ClN2O2/c13-10-7-9(4-5-11(10)14-8-16)15-6-2-1-3-12(15)17;11-7-1-2-9(12-4-7)13-10(15)8-3-6(8)5-14/h1-8H,(H,14,16);1-2,4,6,8,14H,3,5H2,(H,12,13,15)/t;6?,8-/m.1/s1. The van der Waals surface area contributed by atoms with Crippen LogP contribution in [0.4, 0.5) is 15.9 Å². The Morgan fingerprint density at radius 3 is 2.69 bits per heavy atom. The van der Waals surface area contributed by atoms with E-state index in [0.717, 1.165) is 6.42 Å². The lowest BCUT2D eigenvalue weighted by Crippen LogP contribution is -2.16. The molecule has 0 radical (unpaired) electrons. The Hall–Kier alpha value is -3.56. The maximum atomic E-state index is 13.5. The summed E-state index contributed by atoms with van der Waals surface area (Å²) >= 11 is 5.66. The topological polar surface area (TPSA) is 113 Å². The van der Waals surface area contributed by atoms with Crippen molar-refractivity contribution in [3.8, 4) is 5.69 Å². The number of amides is 2. The molecular weight excluding hydrogens is 439 g/mol. The highest BCUT2D eigenvalue weighted by molar-refractivity contribution is 6.30. The summed E-state index contributed by atoms with van der Waals surface area (Å²) < 4.78 is 14.8. The van der Waals surface area contributed by atoms with E-state index in [1.807, 2.05) is 0 Å². The van der Waals surface area contributed by atoms with Gasteiger partial charge < -0.3 is 15.7 Å². The molecule has 3 N–H and O–H groups in total. The van der Waals surface area contributed by atoms with Crippen LogP contribution in [0.2, 0.25) is 5.02 Å². The number of pyridine rings is 2. The van der Waals surface area contributed by atoms with E-state index in [9.17, 15) is 18.8 Å². The van der Waals surface area contributed by atoms with Crippen molar-refractivity contribution in [3.05, 3.63) is 82.1 Å². The molecule has 1 fully saturated rings. The number of aromatic nitrogens is 2. The molecule has 4 rings (SSSR count). The van der Waals surface area contributed by atoms with Gasteiger partial charge in [0, 0.05) is 37.1 Å². The third-order valence-corrected chi connectivity index (χ3v) is 4.96. The predicted octanol–water partition coefficient (Wildman–Crippen LogP) is 2.85. The van der Waals surface area contributed by atoms with Gasteiger partial charge in [0.2, 0.25) is 12.3 Å². The minimum atomic E-state index is -0.592. The van der Waals surface area contributed by atoms with Crippen LogP contribution in [0.15, 0.2) is 65.7 Å². The molecule has 0 saturated heterocycles. The monoisotopic (exact) mass is 458 g/mol.